The minimum Gasteiger partial charge on any atom is -0.375 e. The molecular formula is C27H26ClNO3. The second-order valence-corrected chi connectivity index (χ2v) is 9.00. The lowest BCUT2D eigenvalue weighted by Gasteiger charge is -2.24. The van der Waals surface area contributed by atoms with E-state index in [2.05, 4.69) is 6.07 Å². The zero-order valence-corrected chi connectivity index (χ0v) is 19.5. The SMILES string of the molecule is Cc1cc(C)c(C)c(C(=O)CC2(O)C(=O)N(Cc3ccccc3Cl)c3ccccc32)c1C. The number of Topliss-reactive ketones (excluding diaryl/α,β-unsaturated/α-hetero) is 1. The van der Waals surface area contributed by atoms with Crippen LogP contribution < -0.4 is 4.90 Å². The minimum atomic E-state index is -1.93. The van der Waals surface area contributed by atoms with Crippen molar-refractivity contribution in [3.8, 4) is 0 Å². The van der Waals surface area contributed by atoms with Crippen molar-refractivity contribution in [2.24, 2.45) is 0 Å². The summed E-state index contributed by atoms with van der Waals surface area (Å²) in [5.41, 5.74) is 4.28. The van der Waals surface area contributed by atoms with Gasteiger partial charge in [0.25, 0.3) is 5.91 Å². The number of carbonyl (C=O) groups is 2. The maximum atomic E-state index is 13.6. The summed E-state index contributed by atoms with van der Waals surface area (Å²) in [4.78, 5) is 28.5. The minimum absolute atomic E-state index is 0.216. The molecule has 4 nitrogen and oxygen atoms in total. The fourth-order valence-corrected chi connectivity index (χ4v) is 4.78. The highest BCUT2D eigenvalue weighted by molar-refractivity contribution is 6.31. The second kappa shape index (κ2) is 8.19. The van der Waals surface area contributed by atoms with Gasteiger partial charge in [-0.3, -0.25) is 9.59 Å². The van der Waals surface area contributed by atoms with Gasteiger partial charge in [-0.05, 0) is 67.6 Å². The summed E-state index contributed by atoms with van der Waals surface area (Å²) < 4.78 is 0. The summed E-state index contributed by atoms with van der Waals surface area (Å²) in [6.45, 7) is 7.97. The number of amides is 1. The molecule has 1 amide bonds. The van der Waals surface area contributed by atoms with Gasteiger partial charge >= 0.3 is 0 Å². The number of halogens is 1. The third-order valence-electron chi connectivity index (χ3n) is 6.59. The third kappa shape index (κ3) is 3.54. The van der Waals surface area contributed by atoms with Crippen molar-refractivity contribution in [1.29, 1.82) is 0 Å². The number of nitrogens with zero attached hydrogens (tertiary/aromatic N) is 1. The van der Waals surface area contributed by atoms with E-state index in [0.29, 0.717) is 21.8 Å². The molecule has 5 heteroatoms. The molecule has 0 spiro atoms. The van der Waals surface area contributed by atoms with E-state index < -0.39 is 11.5 Å². The average Bonchev–Trinajstić information content (AvgIpc) is 2.96. The van der Waals surface area contributed by atoms with Crippen LogP contribution in [0, 0.1) is 27.7 Å². The van der Waals surface area contributed by atoms with E-state index in [0.717, 1.165) is 27.8 Å². The maximum Gasteiger partial charge on any atom is 0.264 e. The molecule has 1 N–H and O–H groups in total. The first-order valence-corrected chi connectivity index (χ1v) is 11.0. The molecule has 0 saturated heterocycles. The Bertz CT molecular complexity index is 1220. The smallest absolute Gasteiger partial charge is 0.264 e. The van der Waals surface area contributed by atoms with E-state index in [1.807, 2.05) is 52.0 Å². The molecule has 1 heterocycles. The first-order valence-electron chi connectivity index (χ1n) is 10.6. The van der Waals surface area contributed by atoms with Crippen molar-refractivity contribution >= 4 is 29.0 Å². The van der Waals surface area contributed by atoms with Crippen LogP contribution in [0.15, 0.2) is 54.6 Å². The number of benzene rings is 3. The molecule has 164 valence electrons. The molecule has 1 aliphatic heterocycles. The molecule has 0 aromatic heterocycles. The molecule has 4 rings (SSSR count). The number of rotatable bonds is 5. The van der Waals surface area contributed by atoms with Crippen molar-refractivity contribution in [2.45, 2.75) is 46.3 Å². The van der Waals surface area contributed by atoms with Gasteiger partial charge in [0.05, 0.1) is 18.7 Å². The average molecular weight is 448 g/mol. The van der Waals surface area contributed by atoms with E-state index in [1.54, 1.807) is 24.3 Å². The number of carbonyl (C=O) groups excluding carboxylic acids is 2. The van der Waals surface area contributed by atoms with Crippen LogP contribution in [-0.2, 0) is 16.9 Å². The van der Waals surface area contributed by atoms with Crippen LogP contribution in [0.25, 0.3) is 0 Å². The predicted molar refractivity (Wildman–Crippen MR) is 127 cm³/mol. The summed E-state index contributed by atoms with van der Waals surface area (Å²) >= 11 is 6.32. The summed E-state index contributed by atoms with van der Waals surface area (Å²) in [7, 11) is 0. The first-order chi connectivity index (χ1) is 15.1. The Hall–Kier alpha value is -2.95. The van der Waals surface area contributed by atoms with Crippen molar-refractivity contribution in [2.75, 3.05) is 4.90 Å². The zero-order chi connectivity index (χ0) is 23.2. The van der Waals surface area contributed by atoms with E-state index >= 15 is 0 Å². The molecule has 0 radical (unpaired) electrons. The highest BCUT2D eigenvalue weighted by Gasteiger charge is 2.51. The fourth-order valence-electron chi connectivity index (χ4n) is 4.59. The number of para-hydroxylation sites is 1. The summed E-state index contributed by atoms with van der Waals surface area (Å²) in [5.74, 6) is -0.747. The van der Waals surface area contributed by atoms with Crippen LogP contribution >= 0.6 is 11.6 Å². The normalized spacial score (nSPS) is 17.6. The van der Waals surface area contributed by atoms with Crippen LogP contribution in [0.4, 0.5) is 5.69 Å². The number of hydrogen-bond acceptors (Lipinski definition) is 3. The van der Waals surface area contributed by atoms with Crippen molar-refractivity contribution < 1.29 is 14.7 Å². The van der Waals surface area contributed by atoms with E-state index in [-0.39, 0.29) is 18.7 Å². The van der Waals surface area contributed by atoms with Crippen molar-refractivity contribution in [3.05, 3.63) is 98.6 Å². The van der Waals surface area contributed by atoms with Gasteiger partial charge in [0, 0.05) is 16.1 Å². The first kappa shape index (κ1) is 22.3. The van der Waals surface area contributed by atoms with Crippen molar-refractivity contribution in [1.82, 2.24) is 0 Å². The molecule has 0 bridgehead atoms. The molecule has 32 heavy (non-hydrogen) atoms. The molecule has 1 unspecified atom stereocenters. The number of anilines is 1. The van der Waals surface area contributed by atoms with Crippen LogP contribution in [0.3, 0.4) is 0 Å². The lowest BCUT2D eigenvalue weighted by atomic mass is 9.84. The summed E-state index contributed by atoms with van der Waals surface area (Å²) in [5, 5.41) is 12.2. The Kier molecular flexibility index (Phi) is 5.70. The molecule has 3 aromatic carbocycles. The number of aliphatic hydroxyl groups is 1. The standard InChI is InChI=1S/C27H26ClNO3/c1-16-13-17(2)19(4)25(18(16)3)24(30)14-27(32)21-10-6-8-12-23(21)29(26(27)31)15-20-9-5-7-11-22(20)28/h5-13,32H,14-15H2,1-4H3. The number of fused-ring (bicyclic) bond motifs is 1. The predicted octanol–water partition coefficient (Wildman–Crippen LogP) is 5.58. The lowest BCUT2D eigenvalue weighted by Crippen LogP contribution is -2.41. The second-order valence-electron chi connectivity index (χ2n) is 8.60. The van der Waals surface area contributed by atoms with Gasteiger partial charge in [0.15, 0.2) is 11.4 Å². The maximum absolute atomic E-state index is 13.6. The van der Waals surface area contributed by atoms with Gasteiger partial charge in [-0.25, -0.2) is 0 Å². The lowest BCUT2D eigenvalue weighted by molar-refractivity contribution is -0.136. The number of aryl methyl sites for hydroxylation is 2. The molecule has 1 atom stereocenters. The summed E-state index contributed by atoms with van der Waals surface area (Å²) in [6.07, 6.45) is -0.313. The van der Waals surface area contributed by atoms with Crippen LogP contribution in [-0.4, -0.2) is 16.8 Å². The molecule has 3 aromatic rings. The molecular weight excluding hydrogens is 422 g/mol. The van der Waals surface area contributed by atoms with Gasteiger partial charge in [-0.2, -0.15) is 0 Å². The highest BCUT2D eigenvalue weighted by atomic mass is 35.5. The van der Waals surface area contributed by atoms with Gasteiger partial charge in [-0.15, -0.1) is 0 Å². The van der Waals surface area contributed by atoms with Gasteiger partial charge in [0.1, 0.15) is 0 Å². The zero-order valence-electron chi connectivity index (χ0n) is 18.7. The van der Waals surface area contributed by atoms with E-state index in [1.165, 1.54) is 4.90 Å². The molecule has 1 aliphatic rings. The van der Waals surface area contributed by atoms with Crippen molar-refractivity contribution in [3.63, 3.8) is 0 Å². The van der Waals surface area contributed by atoms with E-state index in [9.17, 15) is 14.7 Å². The van der Waals surface area contributed by atoms with E-state index in [4.69, 9.17) is 11.6 Å². The Morgan fingerprint density at radius 2 is 1.56 bits per heavy atom. The monoisotopic (exact) mass is 447 g/mol. The highest BCUT2D eigenvalue weighted by Crippen LogP contribution is 2.44. The van der Waals surface area contributed by atoms with Gasteiger partial charge in [0.2, 0.25) is 0 Å². The number of hydrogen-bond donors (Lipinski definition) is 1. The Labute approximate surface area is 193 Å². The molecule has 0 saturated carbocycles. The Morgan fingerprint density at radius 1 is 0.969 bits per heavy atom. The fraction of sp³-hybridized carbons (Fsp3) is 0.259. The summed E-state index contributed by atoms with van der Waals surface area (Å²) in [6, 6.07) is 16.5. The topological polar surface area (TPSA) is 57.6 Å². The Morgan fingerprint density at radius 3 is 2.22 bits per heavy atom. The number of ketones is 1. The quantitative estimate of drug-likeness (QED) is 0.519. The van der Waals surface area contributed by atoms with Crippen LogP contribution in [0.1, 0.15) is 50.2 Å². The van der Waals surface area contributed by atoms with Gasteiger partial charge < -0.3 is 10.0 Å². The van der Waals surface area contributed by atoms with Gasteiger partial charge in [-0.1, -0.05) is 54.1 Å². The third-order valence-corrected chi connectivity index (χ3v) is 6.96. The van der Waals surface area contributed by atoms with Crippen LogP contribution in [0.5, 0.6) is 0 Å². The Balaban J connectivity index is 1.74. The molecule has 0 aliphatic carbocycles. The largest absolute Gasteiger partial charge is 0.375 e. The molecule has 0 fully saturated rings. The van der Waals surface area contributed by atoms with Crippen LogP contribution in [0.2, 0.25) is 5.02 Å².